The van der Waals surface area contributed by atoms with Gasteiger partial charge in [0.05, 0.1) is 0 Å². The predicted molar refractivity (Wildman–Crippen MR) is 145 cm³/mol. The molecule has 0 aliphatic heterocycles. The Bertz CT molecular complexity index is 1650. The van der Waals surface area contributed by atoms with Crippen LogP contribution in [0.1, 0.15) is 27.8 Å². The van der Waals surface area contributed by atoms with Crippen molar-refractivity contribution in [3.05, 3.63) is 161 Å². The van der Waals surface area contributed by atoms with Gasteiger partial charge in [-0.25, -0.2) is 0 Å². The van der Waals surface area contributed by atoms with E-state index in [1.807, 2.05) is 0 Å². The summed E-state index contributed by atoms with van der Waals surface area (Å²) >= 11 is 0. The fraction of sp³-hybridized carbons (Fsp3) is 0. The third kappa shape index (κ3) is 2.86. The molecule has 0 unspecified atom stereocenters. The molecule has 0 saturated heterocycles. The van der Waals surface area contributed by atoms with E-state index in [2.05, 4.69) is 133 Å². The highest BCUT2D eigenvalue weighted by Crippen LogP contribution is 2.58. The van der Waals surface area contributed by atoms with Crippen molar-refractivity contribution < 1.29 is 0 Å². The molecule has 5 aromatic carbocycles. The number of allylic oxidation sites excluding steroid dienone is 5. The van der Waals surface area contributed by atoms with E-state index in [-0.39, 0.29) is 0 Å². The molecule has 158 valence electrons. The van der Waals surface area contributed by atoms with Crippen LogP contribution >= 0.6 is 0 Å². The summed E-state index contributed by atoms with van der Waals surface area (Å²) in [7, 11) is 0. The average Bonchev–Trinajstić information content (AvgIpc) is 3.43. The molecule has 5 aromatic rings. The van der Waals surface area contributed by atoms with Crippen LogP contribution in [0.15, 0.2) is 133 Å². The van der Waals surface area contributed by atoms with E-state index >= 15 is 0 Å². The largest absolute Gasteiger partial charge is 0.0622 e. The van der Waals surface area contributed by atoms with Crippen LogP contribution in [-0.2, 0) is 0 Å². The second-order valence-electron chi connectivity index (χ2n) is 8.94. The zero-order chi connectivity index (χ0) is 22.5. The van der Waals surface area contributed by atoms with Gasteiger partial charge in [0.2, 0.25) is 0 Å². The van der Waals surface area contributed by atoms with E-state index in [1.54, 1.807) is 0 Å². The minimum Gasteiger partial charge on any atom is -0.0622 e. The van der Waals surface area contributed by atoms with Crippen molar-refractivity contribution >= 4 is 39.1 Å². The van der Waals surface area contributed by atoms with Crippen LogP contribution in [0.4, 0.5) is 0 Å². The predicted octanol–water partition coefficient (Wildman–Crippen LogP) is 8.77. The molecule has 7 rings (SSSR count). The lowest BCUT2D eigenvalue weighted by Gasteiger charge is -2.15. The number of hydrogen-bond acceptors (Lipinski definition) is 0. The van der Waals surface area contributed by atoms with Crippen molar-refractivity contribution in [2.24, 2.45) is 0 Å². The molecule has 34 heavy (non-hydrogen) atoms. The summed E-state index contributed by atoms with van der Waals surface area (Å²) < 4.78 is 0. The van der Waals surface area contributed by atoms with Crippen molar-refractivity contribution in [2.45, 2.75) is 0 Å². The van der Waals surface area contributed by atoms with Gasteiger partial charge in [-0.2, -0.15) is 0 Å². The summed E-state index contributed by atoms with van der Waals surface area (Å²) in [4.78, 5) is 0. The molecule has 0 heteroatoms. The molecule has 0 bridgehead atoms. The number of rotatable bonds is 3. The van der Waals surface area contributed by atoms with Gasteiger partial charge in [-0.1, -0.05) is 115 Å². The van der Waals surface area contributed by atoms with Crippen molar-refractivity contribution in [1.82, 2.24) is 0 Å². The molecule has 0 fully saturated rings. The van der Waals surface area contributed by atoms with Crippen LogP contribution in [0.25, 0.3) is 39.1 Å². The van der Waals surface area contributed by atoms with E-state index in [0.29, 0.717) is 0 Å². The first-order chi connectivity index (χ1) is 16.9. The maximum Gasteiger partial charge on any atom is -0.00134 e. The first-order valence-electron chi connectivity index (χ1n) is 11.8. The fourth-order valence-electron chi connectivity index (χ4n) is 5.51. The van der Waals surface area contributed by atoms with E-state index in [9.17, 15) is 0 Å². The molecule has 0 spiro atoms. The molecule has 0 N–H and O–H groups in total. The van der Waals surface area contributed by atoms with Gasteiger partial charge in [0, 0.05) is 0 Å². The minimum absolute atomic E-state index is 1.25. The summed E-state index contributed by atoms with van der Waals surface area (Å²) in [5.74, 6) is 0. The Balaban J connectivity index is 1.61. The zero-order valence-corrected chi connectivity index (χ0v) is 18.7. The molecule has 0 atom stereocenters. The van der Waals surface area contributed by atoms with Crippen LogP contribution in [0, 0.1) is 0 Å². The molecular weight excluding hydrogens is 408 g/mol. The molecule has 0 saturated carbocycles. The summed E-state index contributed by atoms with van der Waals surface area (Å²) in [6.45, 7) is 0. The first-order valence-corrected chi connectivity index (χ1v) is 11.8. The van der Waals surface area contributed by atoms with E-state index in [0.717, 1.165) is 0 Å². The van der Waals surface area contributed by atoms with Crippen molar-refractivity contribution in [3.8, 4) is 0 Å². The number of fused-ring (bicyclic) bond motifs is 4. The smallest absolute Gasteiger partial charge is 0.00134 e. The highest BCUT2D eigenvalue weighted by molar-refractivity contribution is 6.37. The second kappa shape index (κ2) is 7.57. The Morgan fingerprint density at radius 1 is 0.353 bits per heavy atom. The average molecular weight is 431 g/mol. The zero-order valence-electron chi connectivity index (χ0n) is 18.7. The Kier molecular flexibility index (Phi) is 4.25. The second-order valence-corrected chi connectivity index (χ2v) is 8.94. The Hall–Kier alpha value is -4.42. The minimum atomic E-state index is 1.25. The quantitative estimate of drug-likeness (QED) is 0.268. The lowest BCUT2D eigenvalue weighted by atomic mass is 9.88. The highest BCUT2D eigenvalue weighted by Gasteiger charge is 2.36. The normalized spacial score (nSPS) is 14.4. The topological polar surface area (TPSA) is 0 Å². The van der Waals surface area contributed by atoms with Gasteiger partial charge in [0.25, 0.3) is 0 Å². The van der Waals surface area contributed by atoms with Crippen LogP contribution in [-0.4, -0.2) is 0 Å². The van der Waals surface area contributed by atoms with E-state index in [4.69, 9.17) is 0 Å². The molecule has 0 nitrogen and oxygen atoms in total. The third-order valence-electron chi connectivity index (χ3n) is 6.96. The summed E-state index contributed by atoms with van der Waals surface area (Å²) in [5.41, 5.74) is 13.0. The molecule has 0 aromatic heterocycles. The molecular formula is C34H22. The Morgan fingerprint density at radius 3 is 1.35 bits per heavy atom. The van der Waals surface area contributed by atoms with Gasteiger partial charge in [0.1, 0.15) is 0 Å². The van der Waals surface area contributed by atoms with Crippen molar-refractivity contribution in [1.29, 1.82) is 0 Å². The summed E-state index contributed by atoms with van der Waals surface area (Å²) in [6, 6.07) is 46.0. The lowest BCUT2D eigenvalue weighted by Crippen LogP contribution is -1.93. The van der Waals surface area contributed by atoms with Crippen LogP contribution in [0.5, 0.6) is 0 Å². The molecule has 2 aliphatic rings. The lowest BCUT2D eigenvalue weighted by molar-refractivity contribution is 1.58. The first kappa shape index (κ1) is 19.1. The van der Waals surface area contributed by atoms with E-state index in [1.165, 1.54) is 66.5 Å². The maximum absolute atomic E-state index is 2.40. The van der Waals surface area contributed by atoms with Crippen LogP contribution in [0.3, 0.4) is 0 Å². The monoisotopic (exact) mass is 430 g/mol. The molecule has 2 aliphatic carbocycles. The molecule has 0 radical (unpaired) electrons. The fourth-order valence-corrected chi connectivity index (χ4v) is 5.51. The Labute approximate surface area is 199 Å². The van der Waals surface area contributed by atoms with Gasteiger partial charge in [-0.05, 0) is 84.7 Å². The molecule has 0 heterocycles. The summed E-state index contributed by atoms with van der Waals surface area (Å²) in [6.07, 6.45) is 2.40. The molecule has 0 amide bonds. The van der Waals surface area contributed by atoms with Gasteiger partial charge in [-0.3, -0.25) is 0 Å². The number of hydrogen-bond donors (Lipinski definition) is 0. The maximum atomic E-state index is 2.40. The highest BCUT2D eigenvalue weighted by atomic mass is 14.4. The van der Waals surface area contributed by atoms with Crippen molar-refractivity contribution in [3.63, 3.8) is 0 Å². The number of benzene rings is 5. The summed E-state index contributed by atoms with van der Waals surface area (Å²) in [5, 5.41) is 2.57. The standard InChI is InChI=1S/C34H22/c1-4-12-23(13-5-1)31-30-22-28-20-26-18-10-11-19-27(26)21-29(28)34(30)33(25-16-8-3-9-17-25)32(31)24-14-6-2-7-15-24/h1-22H. The van der Waals surface area contributed by atoms with Crippen LogP contribution in [0.2, 0.25) is 0 Å². The van der Waals surface area contributed by atoms with Gasteiger partial charge >= 0.3 is 0 Å². The van der Waals surface area contributed by atoms with E-state index < -0.39 is 0 Å². The van der Waals surface area contributed by atoms with Gasteiger partial charge in [-0.15, -0.1) is 0 Å². The van der Waals surface area contributed by atoms with Crippen LogP contribution < -0.4 is 0 Å². The van der Waals surface area contributed by atoms with Gasteiger partial charge in [0.15, 0.2) is 0 Å². The third-order valence-corrected chi connectivity index (χ3v) is 6.96. The SMILES string of the molecule is C1=C2C(c3ccccc3)=C(c3ccccc3)C(c3ccccc3)=C2c2cc3ccccc3cc21. The van der Waals surface area contributed by atoms with Crippen molar-refractivity contribution in [2.75, 3.05) is 0 Å². The Morgan fingerprint density at radius 2 is 0.794 bits per heavy atom. The van der Waals surface area contributed by atoms with Gasteiger partial charge < -0.3 is 0 Å².